The number of aryl methyl sites for hydroxylation is 1. The smallest absolute Gasteiger partial charge is 0.129 e. The monoisotopic (exact) mass is 210 g/mol. The first-order chi connectivity index (χ1) is 6.93. The van der Waals surface area contributed by atoms with E-state index in [0.717, 1.165) is 6.54 Å². The van der Waals surface area contributed by atoms with E-state index in [0.29, 0.717) is 6.04 Å². The average molecular weight is 210 g/mol. The molecule has 0 saturated heterocycles. The minimum absolute atomic E-state index is 0.489. The highest BCUT2D eigenvalue weighted by Crippen LogP contribution is 2.17. The molecule has 0 fully saturated rings. The number of hydrogen-bond acceptors (Lipinski definition) is 3. The Morgan fingerprint density at radius 3 is 2.40 bits per heavy atom. The van der Waals surface area contributed by atoms with Crippen LogP contribution in [-0.2, 0) is 6.54 Å². The highest BCUT2D eigenvalue weighted by atomic mass is 15.4. The van der Waals surface area contributed by atoms with Crippen LogP contribution in [0.15, 0.2) is 6.20 Å². The second-order valence-electron chi connectivity index (χ2n) is 4.54. The summed E-state index contributed by atoms with van der Waals surface area (Å²) in [5.41, 5.74) is 1.23. The van der Waals surface area contributed by atoms with E-state index in [-0.39, 0.29) is 0 Å². The van der Waals surface area contributed by atoms with Gasteiger partial charge in [-0.05, 0) is 27.9 Å². The lowest BCUT2D eigenvalue weighted by atomic mass is 10.3. The van der Waals surface area contributed by atoms with Gasteiger partial charge in [-0.3, -0.25) is 0 Å². The molecule has 0 N–H and O–H groups in total. The lowest BCUT2D eigenvalue weighted by molar-refractivity contribution is 0.276. The van der Waals surface area contributed by atoms with Crippen molar-refractivity contribution < 1.29 is 0 Å². The number of aromatic nitrogens is 2. The van der Waals surface area contributed by atoms with Crippen LogP contribution in [0.3, 0.4) is 0 Å². The molecule has 1 aromatic rings. The molecule has 15 heavy (non-hydrogen) atoms. The fraction of sp³-hybridized carbons (Fsp3) is 0.727. The quantitative estimate of drug-likeness (QED) is 0.746. The largest absolute Gasteiger partial charge is 0.363 e. The summed E-state index contributed by atoms with van der Waals surface area (Å²) < 4.78 is 2.07. The lowest BCUT2D eigenvalue weighted by Crippen LogP contribution is -2.30. The summed E-state index contributed by atoms with van der Waals surface area (Å²) in [5.74, 6) is 1.20. The second-order valence-corrected chi connectivity index (χ2v) is 4.54. The van der Waals surface area contributed by atoms with Gasteiger partial charge in [0.05, 0.1) is 12.7 Å². The van der Waals surface area contributed by atoms with Crippen LogP contribution in [0.5, 0.6) is 0 Å². The van der Waals surface area contributed by atoms with Crippen LogP contribution in [0.1, 0.15) is 12.5 Å². The van der Waals surface area contributed by atoms with Gasteiger partial charge in [-0.1, -0.05) is 0 Å². The van der Waals surface area contributed by atoms with E-state index >= 15 is 0 Å². The maximum absolute atomic E-state index is 4.41. The van der Waals surface area contributed by atoms with Gasteiger partial charge in [0.15, 0.2) is 0 Å². The Bertz CT molecular complexity index is 314. The molecule has 0 aliphatic carbocycles. The Hall–Kier alpha value is -1.03. The third kappa shape index (κ3) is 2.72. The van der Waals surface area contributed by atoms with Gasteiger partial charge in [0.1, 0.15) is 5.82 Å². The van der Waals surface area contributed by atoms with Crippen molar-refractivity contribution in [3.63, 3.8) is 0 Å². The van der Waals surface area contributed by atoms with Crippen molar-refractivity contribution >= 4 is 5.82 Å². The van der Waals surface area contributed by atoms with Crippen molar-refractivity contribution in [2.75, 3.05) is 33.1 Å². The molecule has 1 atom stereocenters. The van der Waals surface area contributed by atoms with Gasteiger partial charge in [0, 0.05) is 25.7 Å². The molecule has 0 radical (unpaired) electrons. The van der Waals surface area contributed by atoms with Gasteiger partial charge in [-0.25, -0.2) is 4.68 Å². The molecule has 1 unspecified atom stereocenters. The summed E-state index contributed by atoms with van der Waals surface area (Å²) in [4.78, 5) is 4.32. The van der Waals surface area contributed by atoms with Gasteiger partial charge < -0.3 is 9.80 Å². The van der Waals surface area contributed by atoms with E-state index in [4.69, 9.17) is 0 Å². The van der Waals surface area contributed by atoms with E-state index in [1.807, 2.05) is 6.20 Å². The molecule has 86 valence electrons. The van der Waals surface area contributed by atoms with E-state index in [9.17, 15) is 0 Å². The minimum Gasteiger partial charge on any atom is -0.363 e. The number of rotatable bonds is 4. The summed E-state index contributed by atoms with van der Waals surface area (Å²) in [6.07, 6.45) is 1.93. The topological polar surface area (TPSA) is 24.3 Å². The van der Waals surface area contributed by atoms with Crippen molar-refractivity contribution in [3.05, 3.63) is 11.8 Å². The molecule has 0 aliphatic heterocycles. The average Bonchev–Trinajstić information content (AvgIpc) is 2.46. The predicted octanol–water partition coefficient (Wildman–Crippen LogP) is 1.21. The third-order valence-electron chi connectivity index (χ3n) is 2.73. The fourth-order valence-electron chi connectivity index (χ4n) is 1.60. The van der Waals surface area contributed by atoms with Crippen molar-refractivity contribution in [1.29, 1.82) is 0 Å². The molecule has 0 bridgehead atoms. The number of nitrogens with zero attached hydrogens (tertiary/aromatic N) is 4. The normalized spacial score (nSPS) is 13.3. The van der Waals surface area contributed by atoms with Gasteiger partial charge in [-0.15, -0.1) is 0 Å². The van der Waals surface area contributed by atoms with Crippen LogP contribution < -0.4 is 4.90 Å². The zero-order chi connectivity index (χ0) is 11.6. The third-order valence-corrected chi connectivity index (χ3v) is 2.73. The molecule has 0 aromatic carbocycles. The molecule has 0 saturated carbocycles. The lowest BCUT2D eigenvalue weighted by Gasteiger charge is -2.23. The second kappa shape index (κ2) is 4.66. The first kappa shape index (κ1) is 12.0. The molecule has 0 amide bonds. The van der Waals surface area contributed by atoms with Gasteiger partial charge in [-0.2, -0.15) is 5.10 Å². The minimum atomic E-state index is 0.489. The number of anilines is 1. The first-order valence-corrected chi connectivity index (χ1v) is 5.29. The van der Waals surface area contributed by atoms with Crippen molar-refractivity contribution in [3.8, 4) is 0 Å². The predicted molar refractivity (Wildman–Crippen MR) is 64.4 cm³/mol. The van der Waals surface area contributed by atoms with Gasteiger partial charge >= 0.3 is 0 Å². The molecule has 0 spiro atoms. The summed E-state index contributed by atoms with van der Waals surface area (Å²) in [7, 11) is 8.30. The van der Waals surface area contributed by atoms with Crippen LogP contribution in [0.2, 0.25) is 0 Å². The molecule has 0 aliphatic rings. The number of hydrogen-bond donors (Lipinski definition) is 0. The van der Waals surface area contributed by atoms with Crippen LogP contribution in [0.25, 0.3) is 0 Å². The highest BCUT2D eigenvalue weighted by Gasteiger charge is 2.12. The summed E-state index contributed by atoms with van der Waals surface area (Å²) in [6, 6.07) is 0.489. The molecule has 1 heterocycles. The Balaban J connectivity index is 2.86. The summed E-state index contributed by atoms with van der Waals surface area (Å²) >= 11 is 0. The Kier molecular flexibility index (Phi) is 3.74. The van der Waals surface area contributed by atoms with Crippen LogP contribution in [0.4, 0.5) is 5.82 Å². The Morgan fingerprint density at radius 2 is 1.93 bits per heavy atom. The van der Waals surface area contributed by atoms with Crippen LogP contribution >= 0.6 is 0 Å². The molecule has 4 heteroatoms. The van der Waals surface area contributed by atoms with E-state index in [1.165, 1.54) is 11.4 Å². The van der Waals surface area contributed by atoms with Crippen LogP contribution in [0, 0.1) is 6.92 Å². The van der Waals surface area contributed by atoms with Crippen molar-refractivity contribution in [2.24, 2.45) is 0 Å². The molecule has 4 nitrogen and oxygen atoms in total. The van der Waals surface area contributed by atoms with Crippen molar-refractivity contribution in [1.82, 2.24) is 14.7 Å². The van der Waals surface area contributed by atoms with Gasteiger partial charge in [0.25, 0.3) is 0 Å². The maximum atomic E-state index is 4.41. The summed E-state index contributed by atoms with van der Waals surface area (Å²) in [5, 5.41) is 4.41. The van der Waals surface area contributed by atoms with Crippen LogP contribution in [-0.4, -0.2) is 48.9 Å². The van der Waals surface area contributed by atoms with Crippen molar-refractivity contribution in [2.45, 2.75) is 26.4 Å². The Morgan fingerprint density at radius 1 is 1.33 bits per heavy atom. The van der Waals surface area contributed by atoms with E-state index in [2.05, 4.69) is 61.6 Å². The zero-order valence-electron chi connectivity index (χ0n) is 10.7. The van der Waals surface area contributed by atoms with E-state index < -0.39 is 0 Å². The SMILES string of the molecule is Cc1cnn(CC(C)N(C)C)c1N(C)C. The van der Waals surface area contributed by atoms with Gasteiger partial charge in [0.2, 0.25) is 0 Å². The molecular weight excluding hydrogens is 188 g/mol. The standard InChI is InChI=1S/C11H22N4/c1-9-7-12-15(11(9)14(5)6)8-10(2)13(3)4/h7,10H,8H2,1-6H3. The summed E-state index contributed by atoms with van der Waals surface area (Å²) in [6.45, 7) is 5.23. The zero-order valence-corrected chi connectivity index (χ0v) is 10.7. The molecular formula is C11H22N4. The van der Waals surface area contributed by atoms with E-state index in [1.54, 1.807) is 0 Å². The molecule has 1 aromatic heterocycles. The first-order valence-electron chi connectivity index (χ1n) is 5.29. The highest BCUT2D eigenvalue weighted by molar-refractivity contribution is 5.44. The number of likely N-dealkylation sites (N-methyl/N-ethyl adjacent to an activating group) is 1. The maximum Gasteiger partial charge on any atom is 0.129 e. The Labute approximate surface area is 92.5 Å². The fourth-order valence-corrected chi connectivity index (χ4v) is 1.60. The molecule has 1 rings (SSSR count).